The third kappa shape index (κ3) is 2.46. The summed E-state index contributed by atoms with van der Waals surface area (Å²) in [7, 11) is 0. The van der Waals surface area contributed by atoms with Crippen molar-refractivity contribution in [1.82, 2.24) is 9.55 Å². The molecule has 20 heavy (non-hydrogen) atoms. The van der Waals surface area contributed by atoms with Crippen molar-refractivity contribution in [3.05, 3.63) is 47.9 Å². The molecule has 1 aliphatic rings. The van der Waals surface area contributed by atoms with Gasteiger partial charge in [0.05, 0.1) is 12.1 Å². The highest BCUT2D eigenvalue weighted by atomic mass is 16.1. The van der Waals surface area contributed by atoms with Gasteiger partial charge in [-0.1, -0.05) is 30.3 Å². The van der Waals surface area contributed by atoms with E-state index in [9.17, 15) is 4.79 Å². The SMILES string of the molecule is C[C@@H](C(=O)Nc1cnc2n1CCCC2)c1ccccc1. The fourth-order valence-electron chi connectivity index (χ4n) is 2.64. The van der Waals surface area contributed by atoms with Crippen LogP contribution in [-0.4, -0.2) is 15.5 Å². The van der Waals surface area contributed by atoms with Crippen LogP contribution in [0.5, 0.6) is 0 Å². The summed E-state index contributed by atoms with van der Waals surface area (Å²) in [4.78, 5) is 16.7. The van der Waals surface area contributed by atoms with Crippen LogP contribution < -0.4 is 5.32 Å². The van der Waals surface area contributed by atoms with Gasteiger partial charge in [-0.2, -0.15) is 0 Å². The Bertz CT molecular complexity index is 603. The van der Waals surface area contributed by atoms with Gasteiger partial charge in [-0.15, -0.1) is 0 Å². The quantitative estimate of drug-likeness (QED) is 0.931. The fraction of sp³-hybridized carbons (Fsp3) is 0.375. The maximum absolute atomic E-state index is 12.3. The molecule has 0 spiro atoms. The highest BCUT2D eigenvalue weighted by molar-refractivity contribution is 5.94. The number of hydrogen-bond donors (Lipinski definition) is 1. The van der Waals surface area contributed by atoms with Gasteiger partial charge in [0, 0.05) is 13.0 Å². The lowest BCUT2D eigenvalue weighted by Crippen LogP contribution is -2.22. The Morgan fingerprint density at radius 2 is 2.10 bits per heavy atom. The molecular weight excluding hydrogens is 250 g/mol. The zero-order valence-electron chi connectivity index (χ0n) is 11.7. The number of nitrogens with zero attached hydrogens (tertiary/aromatic N) is 2. The molecule has 0 aliphatic carbocycles. The Labute approximate surface area is 118 Å². The maximum atomic E-state index is 12.3. The first-order chi connectivity index (χ1) is 9.75. The first kappa shape index (κ1) is 12.9. The Morgan fingerprint density at radius 1 is 1.30 bits per heavy atom. The lowest BCUT2D eigenvalue weighted by molar-refractivity contribution is -0.117. The second-order valence-corrected chi connectivity index (χ2v) is 5.29. The predicted molar refractivity (Wildman–Crippen MR) is 78.7 cm³/mol. The van der Waals surface area contributed by atoms with Gasteiger partial charge in [0.1, 0.15) is 11.6 Å². The van der Waals surface area contributed by atoms with E-state index in [4.69, 9.17) is 0 Å². The lowest BCUT2D eigenvalue weighted by Gasteiger charge is -2.18. The number of aromatic nitrogens is 2. The summed E-state index contributed by atoms with van der Waals surface area (Å²) in [6.45, 7) is 2.88. The van der Waals surface area contributed by atoms with Crippen molar-refractivity contribution in [1.29, 1.82) is 0 Å². The normalized spacial score (nSPS) is 15.4. The Balaban J connectivity index is 1.75. The predicted octanol–water partition coefficient (Wildman–Crippen LogP) is 2.96. The molecular formula is C16H19N3O. The molecule has 0 saturated heterocycles. The zero-order chi connectivity index (χ0) is 13.9. The molecule has 0 radical (unpaired) electrons. The first-order valence-electron chi connectivity index (χ1n) is 7.16. The Hall–Kier alpha value is -2.10. The van der Waals surface area contributed by atoms with Crippen molar-refractivity contribution in [2.24, 2.45) is 0 Å². The molecule has 4 nitrogen and oxygen atoms in total. The van der Waals surface area contributed by atoms with E-state index in [1.165, 1.54) is 6.42 Å². The van der Waals surface area contributed by atoms with Crippen molar-refractivity contribution in [2.45, 2.75) is 38.6 Å². The van der Waals surface area contributed by atoms with Crippen molar-refractivity contribution in [3.8, 4) is 0 Å². The number of fused-ring (bicyclic) bond motifs is 1. The Kier molecular flexibility index (Phi) is 3.54. The van der Waals surface area contributed by atoms with E-state index in [1.807, 2.05) is 37.3 Å². The molecule has 1 atom stereocenters. The monoisotopic (exact) mass is 269 g/mol. The van der Waals surface area contributed by atoms with Gasteiger partial charge in [-0.3, -0.25) is 4.79 Å². The molecule has 1 amide bonds. The first-order valence-corrected chi connectivity index (χ1v) is 7.16. The highest BCUT2D eigenvalue weighted by Crippen LogP contribution is 2.22. The average molecular weight is 269 g/mol. The lowest BCUT2D eigenvalue weighted by atomic mass is 10.0. The van der Waals surface area contributed by atoms with Gasteiger partial charge in [0.2, 0.25) is 5.91 Å². The van der Waals surface area contributed by atoms with Crippen LogP contribution in [0, 0.1) is 0 Å². The zero-order valence-corrected chi connectivity index (χ0v) is 11.7. The van der Waals surface area contributed by atoms with Crippen molar-refractivity contribution >= 4 is 11.7 Å². The molecule has 1 aliphatic heterocycles. The number of anilines is 1. The van der Waals surface area contributed by atoms with Crippen molar-refractivity contribution in [3.63, 3.8) is 0 Å². The molecule has 3 rings (SSSR count). The van der Waals surface area contributed by atoms with Crippen LogP contribution in [0.2, 0.25) is 0 Å². The van der Waals surface area contributed by atoms with E-state index < -0.39 is 0 Å². The van der Waals surface area contributed by atoms with E-state index in [2.05, 4.69) is 14.9 Å². The molecule has 104 valence electrons. The van der Waals surface area contributed by atoms with Crippen LogP contribution >= 0.6 is 0 Å². The van der Waals surface area contributed by atoms with Crippen LogP contribution in [0.3, 0.4) is 0 Å². The maximum Gasteiger partial charge on any atom is 0.232 e. The molecule has 0 saturated carbocycles. The third-order valence-electron chi connectivity index (χ3n) is 3.91. The van der Waals surface area contributed by atoms with E-state index in [1.54, 1.807) is 6.20 Å². The van der Waals surface area contributed by atoms with Gasteiger partial charge in [0.25, 0.3) is 0 Å². The van der Waals surface area contributed by atoms with Crippen molar-refractivity contribution in [2.75, 3.05) is 5.32 Å². The van der Waals surface area contributed by atoms with Crippen LogP contribution in [0.15, 0.2) is 36.5 Å². The number of amides is 1. The van der Waals surface area contributed by atoms with E-state index >= 15 is 0 Å². The topological polar surface area (TPSA) is 46.9 Å². The van der Waals surface area contributed by atoms with Crippen molar-refractivity contribution < 1.29 is 4.79 Å². The summed E-state index contributed by atoms with van der Waals surface area (Å²) in [5.74, 6) is 1.77. The van der Waals surface area contributed by atoms with E-state index in [0.717, 1.165) is 36.6 Å². The number of carbonyl (C=O) groups excluding carboxylic acids is 1. The molecule has 0 fully saturated rings. The smallest absolute Gasteiger partial charge is 0.232 e. The highest BCUT2D eigenvalue weighted by Gasteiger charge is 2.19. The summed E-state index contributed by atoms with van der Waals surface area (Å²) < 4.78 is 2.12. The van der Waals surface area contributed by atoms with Gasteiger partial charge >= 0.3 is 0 Å². The number of nitrogens with one attached hydrogen (secondary N) is 1. The minimum Gasteiger partial charge on any atom is -0.315 e. The minimum absolute atomic E-state index is 0.0180. The molecule has 0 bridgehead atoms. The molecule has 1 aromatic carbocycles. The largest absolute Gasteiger partial charge is 0.315 e. The molecule has 2 aromatic rings. The van der Waals surface area contributed by atoms with E-state index in [0.29, 0.717) is 0 Å². The van der Waals surface area contributed by atoms with Crippen LogP contribution in [-0.2, 0) is 17.8 Å². The van der Waals surface area contributed by atoms with Crippen LogP contribution in [0.1, 0.15) is 37.1 Å². The van der Waals surface area contributed by atoms with Gasteiger partial charge in [0.15, 0.2) is 0 Å². The van der Waals surface area contributed by atoms with Crippen LogP contribution in [0.25, 0.3) is 0 Å². The summed E-state index contributed by atoms with van der Waals surface area (Å²) in [5, 5.41) is 3.01. The summed E-state index contributed by atoms with van der Waals surface area (Å²) in [6.07, 6.45) is 5.12. The van der Waals surface area contributed by atoms with Crippen LogP contribution in [0.4, 0.5) is 5.82 Å². The summed E-state index contributed by atoms with van der Waals surface area (Å²) in [5.41, 5.74) is 1.03. The Morgan fingerprint density at radius 3 is 2.90 bits per heavy atom. The minimum atomic E-state index is -0.161. The van der Waals surface area contributed by atoms with Gasteiger partial charge in [-0.05, 0) is 25.3 Å². The molecule has 4 heteroatoms. The number of imidazole rings is 1. The summed E-state index contributed by atoms with van der Waals surface area (Å²) in [6, 6.07) is 9.84. The van der Waals surface area contributed by atoms with E-state index in [-0.39, 0.29) is 11.8 Å². The molecule has 0 unspecified atom stereocenters. The molecule has 1 aromatic heterocycles. The summed E-state index contributed by atoms with van der Waals surface area (Å²) >= 11 is 0. The van der Waals surface area contributed by atoms with Gasteiger partial charge < -0.3 is 9.88 Å². The number of rotatable bonds is 3. The average Bonchev–Trinajstić information content (AvgIpc) is 2.91. The van der Waals surface area contributed by atoms with Gasteiger partial charge in [-0.25, -0.2) is 4.98 Å². The third-order valence-corrected chi connectivity index (χ3v) is 3.91. The number of benzene rings is 1. The number of aryl methyl sites for hydroxylation is 1. The standard InChI is InChI=1S/C16H19N3O/c1-12(13-7-3-2-4-8-13)16(20)18-15-11-17-14-9-5-6-10-19(14)15/h2-4,7-8,11-12H,5-6,9-10H2,1H3,(H,18,20)/t12-/m1/s1. The second kappa shape index (κ2) is 5.49. The number of hydrogen-bond acceptors (Lipinski definition) is 2. The number of carbonyl (C=O) groups is 1. The molecule has 1 N–H and O–H groups in total. The molecule has 2 heterocycles. The second-order valence-electron chi connectivity index (χ2n) is 5.29. The fourth-order valence-corrected chi connectivity index (χ4v) is 2.64.